The van der Waals surface area contributed by atoms with E-state index in [-0.39, 0.29) is 20.5 Å². The number of carbonyl (C=O) groups excluding carboxylic acids is 1. The third-order valence-electron chi connectivity index (χ3n) is 4.07. The van der Waals surface area contributed by atoms with E-state index < -0.39 is 15.9 Å². The molecule has 0 fully saturated rings. The molecule has 0 spiro atoms. The molecule has 0 bridgehead atoms. The van der Waals surface area contributed by atoms with Gasteiger partial charge in [0.05, 0.1) is 15.5 Å². The fraction of sp³-hybridized carbons (Fsp3) is 0.0500. The zero-order valence-electron chi connectivity index (χ0n) is 15.0. The van der Waals surface area contributed by atoms with Gasteiger partial charge in [-0.2, -0.15) is 0 Å². The van der Waals surface area contributed by atoms with Crippen molar-refractivity contribution in [3.8, 4) is 11.1 Å². The number of aryl methyl sites for hydroxylation is 1. The van der Waals surface area contributed by atoms with Crippen molar-refractivity contribution in [3.05, 3.63) is 86.9 Å². The molecule has 0 atom stereocenters. The fourth-order valence-electron chi connectivity index (χ4n) is 2.65. The molecule has 0 aliphatic heterocycles. The summed E-state index contributed by atoms with van der Waals surface area (Å²) in [6.45, 7) is 1.84. The van der Waals surface area contributed by atoms with E-state index in [2.05, 4.69) is 10.3 Å². The third kappa shape index (κ3) is 4.91. The molecule has 0 aliphatic rings. The number of nitrogens with one attached hydrogen (secondary N) is 2. The van der Waals surface area contributed by atoms with Gasteiger partial charge in [0.2, 0.25) is 0 Å². The predicted molar refractivity (Wildman–Crippen MR) is 116 cm³/mol. The van der Waals surface area contributed by atoms with Gasteiger partial charge in [0.25, 0.3) is 15.9 Å². The van der Waals surface area contributed by atoms with Crippen LogP contribution in [0.25, 0.3) is 11.1 Å². The Balaban J connectivity index is 1.94. The number of hydrogen-bond donors (Lipinski definition) is 2. The molecular formula is C20H15Cl3N2O3S. The molecule has 3 aromatic rings. The Hall–Kier alpha value is -2.09. The molecule has 0 aromatic heterocycles. The smallest absolute Gasteiger partial charge is 0.266 e. The molecule has 0 aliphatic carbocycles. The van der Waals surface area contributed by atoms with Crippen LogP contribution >= 0.6 is 34.8 Å². The largest absolute Gasteiger partial charge is 0.273 e. The van der Waals surface area contributed by atoms with Gasteiger partial charge in [-0.3, -0.25) is 10.2 Å². The van der Waals surface area contributed by atoms with Gasteiger partial charge >= 0.3 is 0 Å². The zero-order valence-corrected chi connectivity index (χ0v) is 18.1. The molecule has 150 valence electrons. The third-order valence-corrected chi connectivity index (χ3v) is 6.18. The second-order valence-electron chi connectivity index (χ2n) is 6.16. The minimum Gasteiger partial charge on any atom is -0.273 e. The van der Waals surface area contributed by atoms with Crippen molar-refractivity contribution < 1.29 is 13.2 Å². The summed E-state index contributed by atoms with van der Waals surface area (Å²) in [5.74, 6) is -0.736. The zero-order chi connectivity index (χ0) is 21.2. The van der Waals surface area contributed by atoms with Crippen LogP contribution in [0.4, 0.5) is 0 Å². The van der Waals surface area contributed by atoms with E-state index in [1.54, 1.807) is 36.4 Å². The highest BCUT2D eigenvalue weighted by Gasteiger charge is 2.21. The summed E-state index contributed by atoms with van der Waals surface area (Å²) in [4.78, 5) is 14.9. The van der Waals surface area contributed by atoms with Crippen LogP contribution in [0.3, 0.4) is 0 Å². The highest BCUT2D eigenvalue weighted by molar-refractivity contribution is 7.89. The van der Waals surface area contributed by atoms with Crippen LogP contribution in [0, 0.1) is 6.92 Å². The molecule has 3 aromatic carbocycles. The minimum atomic E-state index is -3.96. The van der Waals surface area contributed by atoms with Gasteiger partial charge in [0.15, 0.2) is 0 Å². The predicted octanol–water partition coefficient (Wildman–Crippen LogP) is 5.25. The van der Waals surface area contributed by atoms with E-state index in [4.69, 9.17) is 34.8 Å². The summed E-state index contributed by atoms with van der Waals surface area (Å²) in [6, 6.07) is 15.9. The summed E-state index contributed by atoms with van der Waals surface area (Å²) in [5.41, 5.74) is 4.04. The van der Waals surface area contributed by atoms with E-state index in [1.165, 1.54) is 24.3 Å². The lowest BCUT2D eigenvalue weighted by Gasteiger charge is -2.15. The fourth-order valence-corrected chi connectivity index (χ4v) is 4.31. The summed E-state index contributed by atoms with van der Waals surface area (Å²) < 4.78 is 24.8. The van der Waals surface area contributed by atoms with Gasteiger partial charge in [-0.05, 0) is 37.3 Å². The Bertz CT molecular complexity index is 1180. The first-order valence-corrected chi connectivity index (χ1v) is 10.9. The maximum atomic E-state index is 12.8. The van der Waals surface area contributed by atoms with Gasteiger partial charge in [-0.1, -0.05) is 70.7 Å². The number of amides is 1. The van der Waals surface area contributed by atoms with E-state index in [9.17, 15) is 13.2 Å². The molecule has 9 heteroatoms. The van der Waals surface area contributed by atoms with Crippen molar-refractivity contribution in [3.63, 3.8) is 0 Å². The number of sulfonamides is 1. The molecule has 2 N–H and O–H groups in total. The van der Waals surface area contributed by atoms with Crippen LogP contribution in [0.15, 0.2) is 65.6 Å². The summed E-state index contributed by atoms with van der Waals surface area (Å²) >= 11 is 18.6. The molecule has 5 nitrogen and oxygen atoms in total. The van der Waals surface area contributed by atoms with Crippen LogP contribution in [0.5, 0.6) is 0 Å². The Morgan fingerprint density at radius 3 is 2.21 bits per heavy atom. The van der Waals surface area contributed by atoms with Crippen molar-refractivity contribution in [1.29, 1.82) is 0 Å². The topological polar surface area (TPSA) is 75.3 Å². The van der Waals surface area contributed by atoms with Gasteiger partial charge in [-0.15, -0.1) is 4.83 Å². The number of carbonyl (C=O) groups is 1. The van der Waals surface area contributed by atoms with Crippen LogP contribution in [0.1, 0.15) is 15.9 Å². The first kappa shape index (κ1) is 21.6. The second-order valence-corrected chi connectivity index (χ2v) is 9.10. The van der Waals surface area contributed by atoms with Gasteiger partial charge in [-0.25, -0.2) is 8.42 Å². The van der Waals surface area contributed by atoms with E-state index in [0.29, 0.717) is 16.1 Å². The van der Waals surface area contributed by atoms with E-state index in [1.807, 2.05) is 6.92 Å². The van der Waals surface area contributed by atoms with Gasteiger partial charge < -0.3 is 0 Å². The highest BCUT2D eigenvalue weighted by Crippen LogP contribution is 2.37. The van der Waals surface area contributed by atoms with Crippen LogP contribution in [-0.2, 0) is 10.0 Å². The van der Waals surface area contributed by atoms with Gasteiger partial charge in [0, 0.05) is 21.2 Å². The lowest BCUT2D eigenvalue weighted by Crippen LogP contribution is -2.41. The van der Waals surface area contributed by atoms with Crippen LogP contribution < -0.4 is 10.3 Å². The SMILES string of the molecule is Cc1ccc(S(=O)(=O)NNC(=O)c2cc(Cl)cc(Cl)c2-c2ccccc2Cl)cc1. The number of rotatable bonds is 5. The first-order valence-electron chi connectivity index (χ1n) is 8.32. The monoisotopic (exact) mass is 468 g/mol. The van der Waals surface area contributed by atoms with E-state index in [0.717, 1.165) is 5.56 Å². The van der Waals surface area contributed by atoms with Crippen LogP contribution in [-0.4, -0.2) is 14.3 Å². The average molecular weight is 470 g/mol. The second kappa shape index (κ2) is 8.73. The number of hydrazine groups is 1. The maximum Gasteiger partial charge on any atom is 0.266 e. The average Bonchev–Trinajstić information content (AvgIpc) is 2.67. The quantitative estimate of drug-likeness (QED) is 0.501. The minimum absolute atomic E-state index is 0.0128. The summed E-state index contributed by atoms with van der Waals surface area (Å²) in [5, 5.41) is 0.806. The number of halogens is 3. The first-order chi connectivity index (χ1) is 13.7. The highest BCUT2D eigenvalue weighted by atomic mass is 35.5. The van der Waals surface area contributed by atoms with Crippen LogP contribution in [0.2, 0.25) is 15.1 Å². The molecule has 1 amide bonds. The standard InChI is InChI=1S/C20H15Cl3N2O3S/c1-12-6-8-14(9-7-12)29(27,28)25-24-20(26)16-10-13(21)11-18(23)19(16)15-4-2-3-5-17(15)22/h2-11,25H,1H3,(H,24,26). The Morgan fingerprint density at radius 2 is 1.55 bits per heavy atom. The van der Waals surface area contributed by atoms with Crippen molar-refractivity contribution in [2.24, 2.45) is 0 Å². The number of benzene rings is 3. The molecule has 0 radical (unpaired) electrons. The molecule has 0 saturated carbocycles. The summed E-state index contributed by atoms with van der Waals surface area (Å²) in [6.07, 6.45) is 0. The molecule has 0 heterocycles. The van der Waals surface area contributed by atoms with E-state index >= 15 is 0 Å². The molecular weight excluding hydrogens is 455 g/mol. The summed E-state index contributed by atoms with van der Waals surface area (Å²) in [7, 11) is -3.96. The van der Waals surface area contributed by atoms with Gasteiger partial charge in [0.1, 0.15) is 0 Å². The molecule has 0 saturated heterocycles. The van der Waals surface area contributed by atoms with Crippen molar-refractivity contribution in [2.45, 2.75) is 11.8 Å². The lowest BCUT2D eigenvalue weighted by atomic mass is 9.99. The normalized spacial score (nSPS) is 11.3. The Kier molecular flexibility index (Phi) is 6.51. The van der Waals surface area contributed by atoms with Crippen molar-refractivity contribution in [1.82, 2.24) is 10.3 Å². The maximum absolute atomic E-state index is 12.8. The lowest BCUT2D eigenvalue weighted by molar-refractivity contribution is 0.0945. The molecule has 3 rings (SSSR count). The Labute approximate surface area is 183 Å². The van der Waals surface area contributed by atoms with Crippen molar-refractivity contribution in [2.75, 3.05) is 0 Å². The molecule has 29 heavy (non-hydrogen) atoms. The molecule has 0 unspecified atom stereocenters. The van der Waals surface area contributed by atoms with Crippen molar-refractivity contribution >= 4 is 50.7 Å². The number of hydrogen-bond acceptors (Lipinski definition) is 3. The Morgan fingerprint density at radius 1 is 0.897 bits per heavy atom.